The lowest BCUT2D eigenvalue weighted by Crippen LogP contribution is -2.47. The van der Waals surface area contributed by atoms with Crippen LogP contribution in [-0.4, -0.2) is 58.4 Å². The Kier molecular flexibility index (Phi) is 7.13. The van der Waals surface area contributed by atoms with Crippen LogP contribution in [0.3, 0.4) is 0 Å². The third-order valence-corrected chi connectivity index (χ3v) is 6.52. The van der Waals surface area contributed by atoms with Gasteiger partial charge in [0.15, 0.2) is 0 Å². The lowest BCUT2D eigenvalue weighted by molar-refractivity contribution is 0.251. The molecule has 0 spiro atoms. The first-order chi connectivity index (χ1) is 14.8. The standard InChI is InChI=1S/C25H35N3O2/c1-29-24-13-6-8-20-21(24)9-5-10-22(20)26-14-7-15-27-16-18-28(19-17-27)23-11-3-4-12-25(23)30-2/h3-4,6,8,11-13,22,26H,5,7,9-10,14-19H2,1-2H3/t22-/m1/s1. The van der Waals surface area contributed by atoms with E-state index in [1.54, 1.807) is 14.2 Å². The lowest BCUT2D eigenvalue weighted by atomic mass is 9.87. The maximum absolute atomic E-state index is 5.57. The van der Waals surface area contributed by atoms with Crippen molar-refractivity contribution in [2.45, 2.75) is 31.7 Å². The van der Waals surface area contributed by atoms with Crippen LogP contribution in [0, 0.1) is 0 Å². The molecule has 0 saturated carbocycles. The van der Waals surface area contributed by atoms with Gasteiger partial charge in [-0.05, 0) is 68.1 Å². The van der Waals surface area contributed by atoms with Gasteiger partial charge in [0, 0.05) is 32.2 Å². The Morgan fingerprint density at radius 1 is 0.933 bits per heavy atom. The maximum Gasteiger partial charge on any atom is 0.142 e. The van der Waals surface area contributed by atoms with Crippen LogP contribution in [-0.2, 0) is 6.42 Å². The highest BCUT2D eigenvalue weighted by atomic mass is 16.5. The average Bonchev–Trinajstić information content (AvgIpc) is 2.82. The van der Waals surface area contributed by atoms with Crippen molar-refractivity contribution >= 4 is 5.69 Å². The minimum Gasteiger partial charge on any atom is -0.496 e. The minimum atomic E-state index is 0.464. The summed E-state index contributed by atoms with van der Waals surface area (Å²) in [7, 11) is 3.53. The summed E-state index contributed by atoms with van der Waals surface area (Å²) in [5.74, 6) is 2.02. The van der Waals surface area contributed by atoms with E-state index in [1.165, 1.54) is 36.1 Å². The van der Waals surface area contributed by atoms with E-state index < -0.39 is 0 Å². The summed E-state index contributed by atoms with van der Waals surface area (Å²) in [5.41, 5.74) is 4.05. The van der Waals surface area contributed by atoms with Crippen molar-refractivity contribution in [1.29, 1.82) is 0 Å². The fourth-order valence-electron chi connectivity index (χ4n) is 4.90. The number of piperazine rings is 1. The van der Waals surface area contributed by atoms with Gasteiger partial charge in [-0.2, -0.15) is 0 Å². The van der Waals surface area contributed by atoms with E-state index in [4.69, 9.17) is 9.47 Å². The predicted molar refractivity (Wildman–Crippen MR) is 123 cm³/mol. The molecular formula is C25H35N3O2. The number of methoxy groups -OCH3 is 2. The highest BCUT2D eigenvalue weighted by Crippen LogP contribution is 2.35. The predicted octanol–water partition coefficient (Wildman–Crippen LogP) is 3.88. The van der Waals surface area contributed by atoms with E-state index in [9.17, 15) is 0 Å². The zero-order valence-electron chi connectivity index (χ0n) is 18.4. The van der Waals surface area contributed by atoms with Crippen LogP contribution < -0.4 is 19.7 Å². The molecule has 30 heavy (non-hydrogen) atoms. The number of nitrogens with zero attached hydrogens (tertiary/aromatic N) is 2. The third-order valence-electron chi connectivity index (χ3n) is 6.52. The maximum atomic E-state index is 5.57. The molecule has 0 bridgehead atoms. The second kappa shape index (κ2) is 10.2. The second-order valence-electron chi connectivity index (χ2n) is 8.28. The Hall–Kier alpha value is -2.24. The molecule has 1 aliphatic heterocycles. The number of benzene rings is 2. The number of para-hydroxylation sites is 2. The van der Waals surface area contributed by atoms with Crippen molar-refractivity contribution in [3.63, 3.8) is 0 Å². The number of rotatable bonds is 8. The molecule has 1 atom stereocenters. The molecule has 5 nitrogen and oxygen atoms in total. The van der Waals surface area contributed by atoms with Crippen molar-refractivity contribution in [1.82, 2.24) is 10.2 Å². The Labute approximate surface area is 181 Å². The van der Waals surface area contributed by atoms with Gasteiger partial charge in [-0.3, -0.25) is 4.90 Å². The van der Waals surface area contributed by atoms with Crippen molar-refractivity contribution in [2.24, 2.45) is 0 Å². The fraction of sp³-hybridized carbons (Fsp3) is 0.520. The van der Waals surface area contributed by atoms with Gasteiger partial charge in [-0.15, -0.1) is 0 Å². The Balaban J connectivity index is 1.22. The number of hydrogen-bond acceptors (Lipinski definition) is 5. The van der Waals surface area contributed by atoms with E-state index in [-0.39, 0.29) is 0 Å². The highest BCUT2D eigenvalue weighted by Gasteiger charge is 2.23. The van der Waals surface area contributed by atoms with E-state index in [1.807, 2.05) is 12.1 Å². The van der Waals surface area contributed by atoms with E-state index in [2.05, 4.69) is 45.4 Å². The molecule has 4 rings (SSSR count). The number of nitrogens with one attached hydrogen (secondary N) is 1. The molecular weight excluding hydrogens is 374 g/mol. The summed E-state index contributed by atoms with van der Waals surface area (Å²) in [6, 6.07) is 15.3. The zero-order valence-corrected chi connectivity index (χ0v) is 18.4. The van der Waals surface area contributed by atoms with Gasteiger partial charge in [-0.1, -0.05) is 24.3 Å². The van der Waals surface area contributed by atoms with Gasteiger partial charge >= 0.3 is 0 Å². The summed E-state index contributed by atoms with van der Waals surface area (Å²) in [6.07, 6.45) is 4.77. The summed E-state index contributed by atoms with van der Waals surface area (Å²) >= 11 is 0. The number of hydrogen-bond donors (Lipinski definition) is 1. The van der Waals surface area contributed by atoms with E-state index in [0.29, 0.717) is 6.04 Å². The van der Waals surface area contributed by atoms with Gasteiger partial charge in [0.25, 0.3) is 0 Å². The van der Waals surface area contributed by atoms with Crippen molar-refractivity contribution < 1.29 is 9.47 Å². The van der Waals surface area contributed by atoms with Crippen molar-refractivity contribution in [2.75, 3.05) is 58.4 Å². The molecule has 2 aromatic rings. The molecule has 0 aromatic heterocycles. The zero-order chi connectivity index (χ0) is 20.8. The largest absolute Gasteiger partial charge is 0.496 e. The Morgan fingerprint density at radius 3 is 2.50 bits per heavy atom. The molecule has 0 unspecified atom stereocenters. The quantitative estimate of drug-likeness (QED) is 0.670. The van der Waals surface area contributed by atoms with Crippen LogP contribution in [0.5, 0.6) is 11.5 Å². The van der Waals surface area contributed by atoms with Gasteiger partial charge < -0.3 is 19.7 Å². The molecule has 0 radical (unpaired) electrons. The molecule has 1 aliphatic carbocycles. The van der Waals surface area contributed by atoms with Crippen LogP contribution in [0.4, 0.5) is 5.69 Å². The molecule has 0 amide bonds. The van der Waals surface area contributed by atoms with Gasteiger partial charge in [-0.25, -0.2) is 0 Å². The first-order valence-electron chi connectivity index (χ1n) is 11.3. The first-order valence-corrected chi connectivity index (χ1v) is 11.3. The molecule has 2 aliphatic rings. The molecule has 1 fully saturated rings. The molecule has 5 heteroatoms. The molecule has 1 saturated heterocycles. The van der Waals surface area contributed by atoms with Crippen LogP contribution in [0.15, 0.2) is 42.5 Å². The molecule has 2 aromatic carbocycles. The summed E-state index contributed by atoms with van der Waals surface area (Å²) in [5, 5.41) is 3.81. The first kappa shape index (κ1) is 21.0. The minimum absolute atomic E-state index is 0.464. The number of fused-ring (bicyclic) bond motifs is 1. The lowest BCUT2D eigenvalue weighted by Gasteiger charge is -2.36. The number of ether oxygens (including phenoxy) is 2. The normalized spacial score (nSPS) is 19.4. The van der Waals surface area contributed by atoms with Crippen LogP contribution in [0.2, 0.25) is 0 Å². The van der Waals surface area contributed by atoms with E-state index >= 15 is 0 Å². The molecule has 162 valence electrons. The van der Waals surface area contributed by atoms with Crippen LogP contribution in [0.1, 0.15) is 36.4 Å². The van der Waals surface area contributed by atoms with Gasteiger partial charge in [0.1, 0.15) is 11.5 Å². The van der Waals surface area contributed by atoms with Crippen molar-refractivity contribution in [3.8, 4) is 11.5 Å². The third kappa shape index (κ3) is 4.73. The second-order valence-corrected chi connectivity index (χ2v) is 8.28. The van der Waals surface area contributed by atoms with Gasteiger partial charge in [0.05, 0.1) is 19.9 Å². The Bertz CT molecular complexity index is 818. The fourth-order valence-corrected chi connectivity index (χ4v) is 4.90. The summed E-state index contributed by atoms with van der Waals surface area (Å²) in [6.45, 7) is 6.56. The topological polar surface area (TPSA) is 37.0 Å². The monoisotopic (exact) mass is 409 g/mol. The summed E-state index contributed by atoms with van der Waals surface area (Å²) in [4.78, 5) is 5.03. The van der Waals surface area contributed by atoms with E-state index in [0.717, 1.165) is 57.2 Å². The molecule has 1 heterocycles. The molecule has 1 N–H and O–H groups in total. The van der Waals surface area contributed by atoms with Crippen molar-refractivity contribution in [3.05, 3.63) is 53.6 Å². The summed E-state index contributed by atoms with van der Waals surface area (Å²) < 4.78 is 11.1. The smallest absolute Gasteiger partial charge is 0.142 e. The number of anilines is 1. The average molecular weight is 410 g/mol. The van der Waals surface area contributed by atoms with Gasteiger partial charge in [0.2, 0.25) is 0 Å². The van der Waals surface area contributed by atoms with Crippen LogP contribution >= 0.6 is 0 Å². The SMILES string of the molecule is COc1ccccc1N1CCN(CCCN[C@@H]2CCCc3c(OC)cccc32)CC1. The Morgan fingerprint density at radius 2 is 1.70 bits per heavy atom. The van der Waals surface area contributed by atoms with Crippen LogP contribution in [0.25, 0.3) is 0 Å². The highest BCUT2D eigenvalue weighted by molar-refractivity contribution is 5.58.